The summed E-state index contributed by atoms with van der Waals surface area (Å²) >= 11 is 6.43. The smallest absolute Gasteiger partial charge is 0.263 e. The van der Waals surface area contributed by atoms with Gasteiger partial charge >= 0.3 is 0 Å². The van der Waals surface area contributed by atoms with Crippen LogP contribution in [0.15, 0.2) is 61.2 Å². The molecule has 2 aliphatic carbocycles. The Morgan fingerprint density at radius 1 is 1.21 bits per heavy atom. The summed E-state index contributed by atoms with van der Waals surface area (Å²) in [6.07, 6.45) is 14.1. The van der Waals surface area contributed by atoms with Gasteiger partial charge in [0.2, 0.25) is 0 Å². The Morgan fingerprint density at radius 3 is 2.86 bits per heavy atom. The van der Waals surface area contributed by atoms with Crippen LogP contribution in [0.2, 0.25) is 5.02 Å². The average molecular weight is 607 g/mol. The molecule has 42 heavy (non-hydrogen) atoms. The van der Waals surface area contributed by atoms with E-state index < -0.39 is 11.0 Å². The Balaban J connectivity index is 1.41. The minimum absolute atomic E-state index is 0.160. The summed E-state index contributed by atoms with van der Waals surface area (Å²) in [6.45, 7) is 10.5. The quantitative estimate of drug-likeness (QED) is 0.362. The Morgan fingerprint density at radius 2 is 2.07 bits per heavy atom. The molecule has 0 saturated heterocycles. The molecule has 4 aliphatic rings. The van der Waals surface area contributed by atoms with Crippen molar-refractivity contribution >= 4 is 34.2 Å². The minimum Gasteiger partial charge on any atom is -0.490 e. The molecule has 1 N–H and O–H groups in total. The first-order valence-corrected chi connectivity index (χ1v) is 17.2. The fourth-order valence-corrected chi connectivity index (χ4v) is 8.84. The predicted molar refractivity (Wildman–Crippen MR) is 173 cm³/mol. The van der Waals surface area contributed by atoms with E-state index in [9.17, 15) is 9.00 Å². The van der Waals surface area contributed by atoms with Crippen LogP contribution in [-0.2, 0) is 22.8 Å². The number of ether oxygens (including phenoxy) is 1. The first kappa shape index (κ1) is 29.5. The lowest BCUT2D eigenvalue weighted by Gasteiger charge is -2.46. The number of carbonyl (C=O) groups excluding carboxylic acids is 1. The van der Waals surface area contributed by atoms with Crippen molar-refractivity contribution in [2.24, 2.45) is 23.7 Å². The Kier molecular flexibility index (Phi) is 8.57. The van der Waals surface area contributed by atoms with Gasteiger partial charge in [0.15, 0.2) is 0 Å². The van der Waals surface area contributed by atoms with E-state index in [0.29, 0.717) is 29.9 Å². The minimum atomic E-state index is -1.49. The largest absolute Gasteiger partial charge is 0.490 e. The summed E-state index contributed by atoms with van der Waals surface area (Å²) in [4.78, 5) is 15.9. The molecule has 2 bridgehead atoms. The molecule has 7 heteroatoms. The van der Waals surface area contributed by atoms with Crippen LogP contribution in [-0.4, -0.2) is 35.1 Å². The summed E-state index contributed by atoms with van der Waals surface area (Å²) in [7, 11) is -1.49. The lowest BCUT2D eigenvalue weighted by atomic mass is 9.65. The molecule has 1 amide bonds. The van der Waals surface area contributed by atoms with Crippen molar-refractivity contribution in [2.45, 2.75) is 69.5 Å². The van der Waals surface area contributed by atoms with E-state index in [4.69, 9.17) is 16.3 Å². The van der Waals surface area contributed by atoms with E-state index in [-0.39, 0.29) is 22.5 Å². The van der Waals surface area contributed by atoms with Gasteiger partial charge in [0.1, 0.15) is 16.7 Å². The molecule has 1 spiro atoms. The van der Waals surface area contributed by atoms with Crippen molar-refractivity contribution < 1.29 is 13.7 Å². The van der Waals surface area contributed by atoms with E-state index >= 15 is 0 Å². The number of aryl methyl sites for hydroxylation is 1. The number of carbonyl (C=O) groups is 1. The number of fused-ring (bicyclic) bond motifs is 4. The Hall–Kier alpha value is -2.57. The molecule has 1 fully saturated rings. The van der Waals surface area contributed by atoms with Crippen LogP contribution in [0.1, 0.15) is 73.9 Å². The second-order valence-electron chi connectivity index (χ2n) is 13.1. The van der Waals surface area contributed by atoms with E-state index in [1.54, 1.807) is 0 Å². The van der Waals surface area contributed by atoms with Crippen LogP contribution < -0.4 is 14.4 Å². The Labute approximate surface area is 258 Å². The number of allylic oxidation sites excluding steroid dienone is 3. The monoisotopic (exact) mass is 606 g/mol. The van der Waals surface area contributed by atoms with Crippen LogP contribution in [0.3, 0.4) is 0 Å². The van der Waals surface area contributed by atoms with Gasteiger partial charge in [-0.25, -0.2) is 4.21 Å². The fraction of sp³-hybridized carbons (Fsp3) is 0.514. The number of hydrogen-bond acceptors (Lipinski definition) is 4. The van der Waals surface area contributed by atoms with Gasteiger partial charge in [-0.2, -0.15) is 0 Å². The standard InChI is InChI=1S/C35H43ClN2O3S/c1-4-7-25-9-5-8-23(2)24(3)42(40)37-34(39)27-12-16-33-32(19-27)38(20-28-11-14-30(25)28)21-35(22-41-33)17-6-10-26-18-29(36)13-15-31(26)35/h4-5,9,12-13,15-16,18-19,23-25,28,30H,1,6-8,10-11,14,17,20-22H2,2-3H3,(H,37,39)/b9-5+/t23?,24?,25?,28?,30?,35-,42?/m0/s1. The molecule has 2 aromatic carbocycles. The summed E-state index contributed by atoms with van der Waals surface area (Å²) in [5, 5.41) is 0.616. The molecule has 2 aliphatic heterocycles. The molecule has 0 radical (unpaired) electrons. The number of nitrogens with zero attached hydrogens (tertiary/aromatic N) is 1. The van der Waals surface area contributed by atoms with Gasteiger partial charge < -0.3 is 9.64 Å². The van der Waals surface area contributed by atoms with Gasteiger partial charge in [-0.1, -0.05) is 42.8 Å². The fourth-order valence-electron chi connectivity index (χ4n) is 7.63. The lowest BCUT2D eigenvalue weighted by Crippen LogP contribution is -2.49. The number of amides is 1. The molecule has 5 nitrogen and oxygen atoms in total. The summed E-state index contributed by atoms with van der Waals surface area (Å²) < 4.78 is 22.6. The molecular weight excluding hydrogens is 564 g/mol. The number of anilines is 1. The maximum absolute atomic E-state index is 13.4. The average Bonchev–Trinajstić information content (AvgIpc) is 3.11. The molecule has 7 atom stereocenters. The third-order valence-corrected chi connectivity index (χ3v) is 12.2. The van der Waals surface area contributed by atoms with Gasteiger partial charge in [-0.05, 0) is 117 Å². The summed E-state index contributed by atoms with van der Waals surface area (Å²) in [5.74, 6) is 2.26. The number of rotatable bonds is 2. The first-order chi connectivity index (χ1) is 20.3. The number of hydrogen-bond donors (Lipinski definition) is 1. The maximum atomic E-state index is 13.4. The Bertz CT molecular complexity index is 1410. The van der Waals surface area contributed by atoms with Gasteiger partial charge in [-0.15, -0.1) is 6.58 Å². The SMILES string of the molecule is C=CCC1/C=C/CC(C)C(C)S(=O)NC(=O)c2ccc3c(c2)N(CC2CCC12)C[C@@]1(CCCc2cc(Cl)ccc21)CO3. The van der Waals surface area contributed by atoms with Crippen molar-refractivity contribution in [1.29, 1.82) is 0 Å². The second kappa shape index (κ2) is 12.2. The van der Waals surface area contributed by atoms with Crippen molar-refractivity contribution in [2.75, 3.05) is 24.6 Å². The highest BCUT2D eigenvalue weighted by Crippen LogP contribution is 2.48. The highest BCUT2D eigenvalue weighted by atomic mass is 35.5. The zero-order valence-electron chi connectivity index (χ0n) is 24.8. The van der Waals surface area contributed by atoms with E-state index in [0.717, 1.165) is 61.7 Å². The summed E-state index contributed by atoms with van der Waals surface area (Å²) in [6, 6.07) is 12.0. The van der Waals surface area contributed by atoms with Crippen molar-refractivity contribution in [3.8, 4) is 5.75 Å². The number of halogens is 1. The lowest BCUT2D eigenvalue weighted by molar-refractivity contribution is 0.0982. The maximum Gasteiger partial charge on any atom is 0.263 e. The van der Waals surface area contributed by atoms with Crippen molar-refractivity contribution in [3.63, 3.8) is 0 Å². The zero-order chi connectivity index (χ0) is 29.4. The van der Waals surface area contributed by atoms with Crippen LogP contribution in [0.5, 0.6) is 5.75 Å². The van der Waals surface area contributed by atoms with Crippen LogP contribution in [0.4, 0.5) is 5.69 Å². The van der Waals surface area contributed by atoms with Crippen molar-refractivity contribution in [3.05, 3.63) is 82.9 Å². The highest BCUT2D eigenvalue weighted by molar-refractivity contribution is 7.84. The third kappa shape index (κ3) is 5.69. The van der Waals surface area contributed by atoms with Gasteiger partial charge in [-0.3, -0.25) is 9.52 Å². The van der Waals surface area contributed by atoms with Gasteiger partial charge in [0.05, 0.1) is 17.5 Å². The molecule has 2 heterocycles. The van der Waals surface area contributed by atoms with Crippen LogP contribution in [0.25, 0.3) is 0 Å². The molecular formula is C35H43ClN2O3S. The normalized spacial score (nSPS) is 33.7. The highest BCUT2D eigenvalue weighted by Gasteiger charge is 2.44. The molecule has 6 rings (SSSR count). The third-order valence-electron chi connectivity index (χ3n) is 10.4. The number of nitrogens with one attached hydrogen (secondary N) is 1. The molecule has 224 valence electrons. The topological polar surface area (TPSA) is 58.6 Å². The number of benzene rings is 2. The van der Waals surface area contributed by atoms with E-state index in [2.05, 4.69) is 53.5 Å². The van der Waals surface area contributed by atoms with Crippen LogP contribution >= 0.6 is 11.6 Å². The van der Waals surface area contributed by atoms with Crippen molar-refractivity contribution in [1.82, 2.24) is 4.72 Å². The molecule has 2 aromatic rings. The van der Waals surface area contributed by atoms with E-state index in [1.807, 2.05) is 31.2 Å². The first-order valence-electron chi connectivity index (χ1n) is 15.6. The zero-order valence-corrected chi connectivity index (χ0v) is 26.4. The summed E-state index contributed by atoms with van der Waals surface area (Å²) in [5.41, 5.74) is 3.98. The predicted octanol–water partition coefficient (Wildman–Crippen LogP) is 7.41. The molecule has 0 aromatic heterocycles. The van der Waals surface area contributed by atoms with Gasteiger partial charge in [0.25, 0.3) is 5.91 Å². The van der Waals surface area contributed by atoms with Crippen LogP contribution in [0, 0.1) is 23.7 Å². The van der Waals surface area contributed by atoms with E-state index in [1.165, 1.54) is 24.0 Å². The van der Waals surface area contributed by atoms with Gasteiger partial charge in [0, 0.05) is 29.1 Å². The molecule has 1 saturated carbocycles. The molecule has 6 unspecified atom stereocenters. The second-order valence-corrected chi connectivity index (χ2v) is 15.0.